The molecule has 0 radical (unpaired) electrons. The van der Waals surface area contributed by atoms with Crippen LogP contribution in [0.15, 0.2) is 85.1 Å². The molecule has 2 heterocycles. The summed E-state index contributed by atoms with van der Waals surface area (Å²) in [6.45, 7) is 3.79. The number of fused-ring (bicyclic) bond motifs is 1. The molecule has 0 spiro atoms. The number of hydrogen-bond acceptors (Lipinski definition) is 8. The third kappa shape index (κ3) is 6.26. The number of anilines is 5. The Bertz CT molecular complexity index is 1850. The molecular formula is C31H33N7O3S. The van der Waals surface area contributed by atoms with Gasteiger partial charge in [0.15, 0.2) is 9.84 Å². The minimum Gasteiger partial charge on any atom is -0.329 e. The number of aromatic nitrogens is 4. The van der Waals surface area contributed by atoms with Crippen LogP contribution in [0.1, 0.15) is 25.0 Å². The normalized spacial score (nSPS) is 11.8. The maximum absolute atomic E-state index is 13.2. The van der Waals surface area contributed by atoms with Crippen molar-refractivity contribution >= 4 is 55.9 Å². The lowest BCUT2D eigenvalue weighted by Gasteiger charge is -2.23. The molecule has 0 aliphatic heterocycles. The zero-order valence-corrected chi connectivity index (χ0v) is 25.0. The third-order valence-electron chi connectivity index (χ3n) is 7.16. The van der Waals surface area contributed by atoms with Crippen LogP contribution in [0.3, 0.4) is 0 Å². The first-order valence-electron chi connectivity index (χ1n) is 13.3. The first-order valence-corrected chi connectivity index (χ1v) is 15.4. The van der Waals surface area contributed by atoms with Crippen molar-refractivity contribution < 1.29 is 13.2 Å². The molecule has 0 aliphatic rings. The van der Waals surface area contributed by atoms with E-state index in [1.54, 1.807) is 36.5 Å². The van der Waals surface area contributed by atoms with Crippen LogP contribution >= 0.6 is 0 Å². The van der Waals surface area contributed by atoms with Crippen LogP contribution in [0, 0.1) is 0 Å². The number of nitrogens with one attached hydrogen (secondary N) is 2. The number of benzene rings is 3. The van der Waals surface area contributed by atoms with Crippen LogP contribution in [0.5, 0.6) is 0 Å². The van der Waals surface area contributed by atoms with Gasteiger partial charge in [0.1, 0.15) is 5.82 Å². The highest BCUT2D eigenvalue weighted by molar-refractivity contribution is 7.89. The second-order valence-corrected chi connectivity index (χ2v) is 12.9. The molecule has 216 valence electrons. The number of aryl methyl sites for hydroxylation is 1. The molecule has 10 nitrogen and oxygen atoms in total. The van der Waals surface area contributed by atoms with Crippen LogP contribution in [0.25, 0.3) is 11.0 Å². The average molecular weight is 584 g/mol. The lowest BCUT2D eigenvalue weighted by atomic mass is 9.84. The van der Waals surface area contributed by atoms with E-state index in [-0.39, 0.29) is 11.7 Å². The van der Waals surface area contributed by atoms with Crippen molar-refractivity contribution in [2.45, 2.75) is 25.0 Å². The predicted molar refractivity (Wildman–Crippen MR) is 167 cm³/mol. The minimum absolute atomic E-state index is 0.00971. The standard InChI is InChI=1S/C31H33N7O3S/c1-31(2,22-9-7-6-8-10-22)28(39)36-30-34-25-19-24(15-16-26(25)38(30)4)37(3)27-17-18-32-29(35-27)33-23-13-11-21(12-14-23)20-42(5,40)41/h6-19H,20H2,1-5H3,(H,32,33,35)(H,34,36,39). The second-order valence-electron chi connectivity index (χ2n) is 10.8. The molecule has 2 N–H and O–H groups in total. The highest BCUT2D eigenvalue weighted by Crippen LogP contribution is 2.29. The van der Waals surface area contributed by atoms with Crippen LogP contribution in [0.4, 0.5) is 29.1 Å². The van der Waals surface area contributed by atoms with Gasteiger partial charge >= 0.3 is 0 Å². The SMILES string of the molecule is CN(c1ccc2c(c1)nc(NC(=O)C(C)(C)c1ccccc1)n2C)c1ccnc(Nc2ccc(CS(C)(=O)=O)cc2)n1. The lowest BCUT2D eigenvalue weighted by Crippen LogP contribution is -2.35. The van der Waals surface area contributed by atoms with Gasteiger partial charge in [0.25, 0.3) is 0 Å². The Morgan fingerprint density at radius 1 is 0.976 bits per heavy atom. The predicted octanol–water partition coefficient (Wildman–Crippen LogP) is 5.34. The zero-order valence-electron chi connectivity index (χ0n) is 24.2. The summed E-state index contributed by atoms with van der Waals surface area (Å²) in [4.78, 5) is 28.9. The first-order chi connectivity index (χ1) is 19.9. The van der Waals surface area contributed by atoms with E-state index in [0.29, 0.717) is 23.3 Å². The van der Waals surface area contributed by atoms with Gasteiger partial charge < -0.3 is 14.8 Å². The number of imidazole rings is 1. The van der Waals surface area contributed by atoms with Crippen LogP contribution in [0.2, 0.25) is 0 Å². The van der Waals surface area contributed by atoms with Crippen molar-refractivity contribution in [3.8, 4) is 0 Å². The number of sulfone groups is 1. The summed E-state index contributed by atoms with van der Waals surface area (Å²) in [6, 6.07) is 24.5. The van der Waals surface area contributed by atoms with Crippen molar-refractivity contribution in [3.63, 3.8) is 0 Å². The average Bonchev–Trinajstić information content (AvgIpc) is 3.27. The molecule has 0 fully saturated rings. The quantitative estimate of drug-likeness (QED) is 0.239. The van der Waals surface area contributed by atoms with Gasteiger partial charge in [0, 0.05) is 37.9 Å². The van der Waals surface area contributed by atoms with Gasteiger partial charge in [-0.05, 0) is 61.4 Å². The fourth-order valence-electron chi connectivity index (χ4n) is 4.60. The number of hydrogen-bond donors (Lipinski definition) is 2. The van der Waals surface area contributed by atoms with E-state index >= 15 is 0 Å². The first kappa shape index (κ1) is 28.7. The molecule has 5 aromatic rings. The van der Waals surface area contributed by atoms with E-state index in [0.717, 1.165) is 28.0 Å². The molecule has 0 atom stereocenters. The van der Waals surface area contributed by atoms with Crippen LogP contribution < -0.4 is 15.5 Å². The van der Waals surface area contributed by atoms with Gasteiger partial charge in [0.2, 0.25) is 17.8 Å². The molecule has 3 aromatic carbocycles. The number of carbonyl (C=O) groups excluding carboxylic acids is 1. The van der Waals surface area contributed by atoms with Gasteiger partial charge in [-0.2, -0.15) is 4.98 Å². The summed E-state index contributed by atoms with van der Waals surface area (Å²) in [7, 11) is 0.677. The van der Waals surface area contributed by atoms with Gasteiger partial charge in [-0.3, -0.25) is 10.1 Å². The van der Waals surface area contributed by atoms with Gasteiger partial charge in [-0.25, -0.2) is 18.4 Å². The maximum Gasteiger partial charge on any atom is 0.236 e. The molecule has 0 unspecified atom stereocenters. The smallest absolute Gasteiger partial charge is 0.236 e. The summed E-state index contributed by atoms with van der Waals surface area (Å²) in [5, 5.41) is 6.17. The van der Waals surface area contributed by atoms with Crippen molar-refractivity contribution in [3.05, 3.63) is 96.2 Å². The van der Waals surface area contributed by atoms with Crippen molar-refractivity contribution in [1.29, 1.82) is 0 Å². The summed E-state index contributed by atoms with van der Waals surface area (Å²) in [5.41, 5.74) is 4.12. The fourth-order valence-corrected chi connectivity index (χ4v) is 5.39. The largest absolute Gasteiger partial charge is 0.329 e. The van der Waals surface area contributed by atoms with E-state index < -0.39 is 15.3 Å². The van der Waals surface area contributed by atoms with E-state index in [2.05, 4.69) is 20.6 Å². The summed E-state index contributed by atoms with van der Waals surface area (Å²) in [5.74, 6) is 1.38. The third-order valence-corrected chi connectivity index (χ3v) is 8.02. The molecule has 11 heteroatoms. The summed E-state index contributed by atoms with van der Waals surface area (Å²) >= 11 is 0. The van der Waals surface area contributed by atoms with Crippen LogP contribution in [-0.4, -0.2) is 47.1 Å². The Morgan fingerprint density at radius 2 is 1.69 bits per heavy atom. The summed E-state index contributed by atoms with van der Waals surface area (Å²) in [6.07, 6.45) is 2.88. The van der Waals surface area contributed by atoms with Crippen LogP contribution in [-0.2, 0) is 32.8 Å². The van der Waals surface area contributed by atoms with Crippen molar-refractivity contribution in [2.24, 2.45) is 7.05 Å². The van der Waals surface area contributed by atoms with E-state index in [4.69, 9.17) is 4.98 Å². The second kappa shape index (κ2) is 11.2. The topological polar surface area (TPSA) is 122 Å². The van der Waals surface area contributed by atoms with E-state index in [1.807, 2.05) is 85.9 Å². The highest BCUT2D eigenvalue weighted by atomic mass is 32.2. The molecule has 5 rings (SSSR count). The molecular weight excluding hydrogens is 550 g/mol. The number of amides is 1. The molecule has 0 bridgehead atoms. The number of carbonyl (C=O) groups is 1. The van der Waals surface area contributed by atoms with Gasteiger partial charge in [-0.15, -0.1) is 0 Å². The van der Waals surface area contributed by atoms with Crippen molar-refractivity contribution in [1.82, 2.24) is 19.5 Å². The molecule has 0 aliphatic carbocycles. The summed E-state index contributed by atoms with van der Waals surface area (Å²) < 4.78 is 25.0. The van der Waals surface area contributed by atoms with E-state index in [9.17, 15) is 13.2 Å². The minimum atomic E-state index is -3.10. The van der Waals surface area contributed by atoms with E-state index in [1.165, 1.54) is 6.26 Å². The molecule has 1 amide bonds. The Labute approximate surface area is 245 Å². The highest BCUT2D eigenvalue weighted by Gasteiger charge is 2.30. The fraction of sp³-hybridized carbons (Fsp3) is 0.226. The Kier molecular flexibility index (Phi) is 7.70. The molecule has 42 heavy (non-hydrogen) atoms. The Balaban J connectivity index is 1.33. The molecule has 2 aromatic heterocycles. The molecule has 0 saturated carbocycles. The van der Waals surface area contributed by atoms with Crippen molar-refractivity contribution in [2.75, 3.05) is 28.8 Å². The zero-order chi connectivity index (χ0) is 30.1. The van der Waals surface area contributed by atoms with Gasteiger partial charge in [-0.1, -0.05) is 42.5 Å². The monoisotopic (exact) mass is 583 g/mol. The number of nitrogens with zero attached hydrogens (tertiary/aromatic N) is 5. The lowest BCUT2D eigenvalue weighted by molar-refractivity contribution is -0.120. The Hall–Kier alpha value is -4.77. The maximum atomic E-state index is 13.2. The van der Waals surface area contributed by atoms with Gasteiger partial charge in [0.05, 0.1) is 22.2 Å². The number of rotatable bonds is 9. The Morgan fingerprint density at radius 3 is 2.38 bits per heavy atom. The molecule has 0 saturated heterocycles.